The summed E-state index contributed by atoms with van der Waals surface area (Å²) >= 11 is 3.70. The molecule has 1 amide bonds. The molecule has 0 spiro atoms. The average molecular weight is 453 g/mol. The first kappa shape index (κ1) is 17.1. The Kier molecular flexibility index (Phi) is 5.00. The van der Waals surface area contributed by atoms with E-state index in [9.17, 15) is 9.59 Å². The predicted molar refractivity (Wildman–Crippen MR) is 106 cm³/mol. The van der Waals surface area contributed by atoms with Crippen molar-refractivity contribution in [1.29, 1.82) is 0 Å². The van der Waals surface area contributed by atoms with E-state index in [0.717, 1.165) is 24.5 Å². The standard InChI is InChI=1S/C17H16IN3O2S/c1-10-11(2)24-16-15(10)17(23)21(9-19-16)8-7-14(22)20-13-6-4-3-5-12(13)18/h3-6,9H,7-8H2,1-2H3,(H,20,22). The number of rotatable bonds is 4. The number of carbonyl (C=O) groups excluding carboxylic acids is 1. The highest BCUT2D eigenvalue weighted by Gasteiger charge is 2.13. The smallest absolute Gasteiger partial charge is 0.262 e. The van der Waals surface area contributed by atoms with Gasteiger partial charge in [0.15, 0.2) is 0 Å². The minimum atomic E-state index is -0.121. The Morgan fingerprint density at radius 3 is 2.83 bits per heavy atom. The first-order valence-electron chi connectivity index (χ1n) is 7.47. The molecule has 1 aromatic carbocycles. The lowest BCUT2D eigenvalue weighted by molar-refractivity contribution is -0.116. The Morgan fingerprint density at radius 2 is 2.08 bits per heavy atom. The van der Waals surface area contributed by atoms with Crippen LogP contribution < -0.4 is 10.9 Å². The van der Waals surface area contributed by atoms with Crippen LogP contribution in [0.15, 0.2) is 35.4 Å². The molecule has 0 saturated carbocycles. The summed E-state index contributed by atoms with van der Waals surface area (Å²) in [6, 6.07) is 7.59. The third kappa shape index (κ3) is 3.36. The third-order valence-electron chi connectivity index (χ3n) is 3.88. The summed E-state index contributed by atoms with van der Waals surface area (Å²) in [5.41, 5.74) is 1.68. The van der Waals surface area contributed by atoms with Gasteiger partial charge >= 0.3 is 0 Å². The average Bonchev–Trinajstić information content (AvgIpc) is 2.84. The fourth-order valence-electron chi connectivity index (χ4n) is 2.43. The number of aromatic nitrogens is 2. The molecule has 0 unspecified atom stereocenters. The molecule has 2 aromatic heterocycles. The van der Waals surface area contributed by atoms with E-state index in [1.54, 1.807) is 0 Å². The van der Waals surface area contributed by atoms with Crippen molar-refractivity contribution in [2.45, 2.75) is 26.8 Å². The van der Waals surface area contributed by atoms with Gasteiger partial charge in [0.25, 0.3) is 5.56 Å². The SMILES string of the molecule is Cc1sc2ncn(CCC(=O)Nc3ccccc3I)c(=O)c2c1C. The summed E-state index contributed by atoms with van der Waals surface area (Å²) in [6.45, 7) is 4.23. The first-order valence-corrected chi connectivity index (χ1v) is 9.36. The molecule has 3 rings (SSSR count). The second-order valence-corrected chi connectivity index (χ2v) is 7.85. The van der Waals surface area contributed by atoms with Crippen LogP contribution in [0, 0.1) is 17.4 Å². The monoisotopic (exact) mass is 453 g/mol. The van der Waals surface area contributed by atoms with Crippen LogP contribution in [0.1, 0.15) is 16.9 Å². The maximum Gasteiger partial charge on any atom is 0.262 e. The number of hydrogen-bond donors (Lipinski definition) is 1. The lowest BCUT2D eigenvalue weighted by Crippen LogP contribution is -2.23. The van der Waals surface area contributed by atoms with Gasteiger partial charge in [0.1, 0.15) is 4.83 Å². The van der Waals surface area contributed by atoms with Gasteiger partial charge in [0.05, 0.1) is 17.4 Å². The molecule has 0 fully saturated rings. The molecule has 7 heteroatoms. The van der Waals surface area contributed by atoms with Gasteiger partial charge in [0, 0.05) is 21.4 Å². The zero-order valence-electron chi connectivity index (χ0n) is 13.3. The second kappa shape index (κ2) is 7.02. The normalized spacial score (nSPS) is 11.0. The molecule has 124 valence electrons. The first-order chi connectivity index (χ1) is 11.5. The molecule has 0 aliphatic rings. The number of halogens is 1. The molecule has 0 saturated heterocycles. The summed E-state index contributed by atoms with van der Waals surface area (Å²) in [6.07, 6.45) is 1.75. The van der Waals surface area contributed by atoms with E-state index < -0.39 is 0 Å². The maximum atomic E-state index is 12.6. The van der Waals surface area contributed by atoms with Gasteiger partial charge in [-0.05, 0) is 54.1 Å². The van der Waals surface area contributed by atoms with Gasteiger partial charge in [-0.25, -0.2) is 4.98 Å². The quantitative estimate of drug-likeness (QED) is 0.613. The van der Waals surface area contributed by atoms with Crippen LogP contribution >= 0.6 is 33.9 Å². The lowest BCUT2D eigenvalue weighted by Gasteiger charge is -2.08. The number of carbonyl (C=O) groups is 1. The van der Waals surface area contributed by atoms with Crippen molar-refractivity contribution in [3.8, 4) is 0 Å². The van der Waals surface area contributed by atoms with Crippen LogP contribution in [0.4, 0.5) is 5.69 Å². The summed E-state index contributed by atoms with van der Waals surface area (Å²) in [5.74, 6) is -0.121. The minimum Gasteiger partial charge on any atom is -0.325 e. The van der Waals surface area contributed by atoms with Crippen molar-refractivity contribution in [2.24, 2.45) is 0 Å². The van der Waals surface area contributed by atoms with E-state index in [2.05, 4.69) is 32.9 Å². The summed E-state index contributed by atoms with van der Waals surface area (Å²) in [4.78, 5) is 30.9. The Morgan fingerprint density at radius 1 is 1.33 bits per heavy atom. The Balaban J connectivity index is 1.75. The van der Waals surface area contributed by atoms with Crippen LogP contribution in [0.5, 0.6) is 0 Å². The Hall–Kier alpha value is -1.74. The highest BCUT2D eigenvalue weighted by Crippen LogP contribution is 2.25. The van der Waals surface area contributed by atoms with E-state index in [1.165, 1.54) is 22.2 Å². The van der Waals surface area contributed by atoms with E-state index in [-0.39, 0.29) is 17.9 Å². The summed E-state index contributed by atoms with van der Waals surface area (Å²) in [5, 5.41) is 3.54. The van der Waals surface area contributed by atoms with Crippen molar-refractivity contribution in [2.75, 3.05) is 5.32 Å². The van der Waals surface area contributed by atoms with Crippen LogP contribution in [-0.4, -0.2) is 15.5 Å². The number of hydrogen-bond acceptors (Lipinski definition) is 4. The summed E-state index contributed by atoms with van der Waals surface area (Å²) < 4.78 is 2.49. The van der Waals surface area contributed by atoms with Gasteiger partial charge in [-0.15, -0.1) is 11.3 Å². The fraction of sp³-hybridized carbons (Fsp3) is 0.235. The highest BCUT2D eigenvalue weighted by molar-refractivity contribution is 14.1. The van der Waals surface area contributed by atoms with Gasteiger partial charge in [-0.1, -0.05) is 12.1 Å². The maximum absolute atomic E-state index is 12.6. The molecule has 24 heavy (non-hydrogen) atoms. The molecule has 2 heterocycles. The number of fused-ring (bicyclic) bond motifs is 1. The second-order valence-electron chi connectivity index (χ2n) is 5.48. The molecule has 0 aliphatic carbocycles. The van der Waals surface area contributed by atoms with E-state index in [0.29, 0.717) is 11.9 Å². The topological polar surface area (TPSA) is 64.0 Å². The van der Waals surface area contributed by atoms with Crippen LogP contribution in [0.2, 0.25) is 0 Å². The highest BCUT2D eigenvalue weighted by atomic mass is 127. The minimum absolute atomic E-state index is 0.0797. The molecule has 5 nitrogen and oxygen atoms in total. The number of amides is 1. The fourth-order valence-corrected chi connectivity index (χ4v) is 3.94. The van der Waals surface area contributed by atoms with Gasteiger partial charge in [-0.2, -0.15) is 0 Å². The molecule has 0 aliphatic heterocycles. The van der Waals surface area contributed by atoms with E-state index in [4.69, 9.17) is 0 Å². The Labute approximate surface area is 156 Å². The van der Waals surface area contributed by atoms with Crippen molar-refractivity contribution >= 4 is 55.7 Å². The van der Waals surface area contributed by atoms with Crippen LogP contribution in [0.25, 0.3) is 10.2 Å². The van der Waals surface area contributed by atoms with Gasteiger partial charge in [0.2, 0.25) is 5.91 Å². The van der Waals surface area contributed by atoms with E-state index >= 15 is 0 Å². The predicted octanol–water partition coefficient (Wildman–Crippen LogP) is 3.71. The van der Waals surface area contributed by atoms with Crippen molar-refractivity contribution < 1.29 is 4.79 Å². The zero-order chi connectivity index (χ0) is 17.3. The van der Waals surface area contributed by atoms with Gasteiger partial charge in [-0.3, -0.25) is 14.2 Å². The lowest BCUT2D eigenvalue weighted by atomic mass is 10.2. The Bertz CT molecular complexity index is 978. The molecule has 0 atom stereocenters. The molecule has 3 aromatic rings. The zero-order valence-corrected chi connectivity index (χ0v) is 16.3. The van der Waals surface area contributed by atoms with Gasteiger partial charge < -0.3 is 5.32 Å². The number of nitrogens with zero attached hydrogens (tertiary/aromatic N) is 2. The van der Waals surface area contributed by atoms with Crippen LogP contribution in [0.3, 0.4) is 0 Å². The molecular weight excluding hydrogens is 437 g/mol. The molecule has 1 N–H and O–H groups in total. The number of thiophene rings is 1. The third-order valence-corrected chi connectivity index (χ3v) is 5.94. The van der Waals surface area contributed by atoms with Crippen LogP contribution in [-0.2, 0) is 11.3 Å². The van der Waals surface area contributed by atoms with Crippen molar-refractivity contribution in [3.63, 3.8) is 0 Å². The number of para-hydroxylation sites is 1. The number of aryl methyl sites for hydroxylation is 3. The van der Waals surface area contributed by atoms with Crippen molar-refractivity contribution in [1.82, 2.24) is 9.55 Å². The molecule has 0 bridgehead atoms. The largest absolute Gasteiger partial charge is 0.325 e. The number of benzene rings is 1. The molecule has 0 radical (unpaired) electrons. The number of anilines is 1. The van der Waals surface area contributed by atoms with E-state index in [1.807, 2.05) is 38.1 Å². The van der Waals surface area contributed by atoms with Crippen molar-refractivity contribution in [3.05, 3.63) is 55.0 Å². The summed E-state index contributed by atoms with van der Waals surface area (Å²) in [7, 11) is 0. The number of nitrogens with one attached hydrogen (secondary N) is 1. The molecular formula is C17H16IN3O2S.